The summed E-state index contributed by atoms with van der Waals surface area (Å²) in [6.07, 6.45) is 0. The molecule has 3 aromatic carbocycles. The molecule has 1 aromatic heterocycles. The minimum Gasteiger partial charge on any atom is -0.497 e. The number of nitrogens with zero attached hydrogens (tertiary/aromatic N) is 1. The van der Waals surface area contributed by atoms with Crippen molar-refractivity contribution < 1.29 is 19.0 Å². The fourth-order valence-corrected chi connectivity index (χ4v) is 3.98. The van der Waals surface area contributed by atoms with E-state index in [0.29, 0.717) is 29.5 Å². The molecular weight excluding hydrogens is 426 g/mol. The van der Waals surface area contributed by atoms with Crippen LogP contribution in [0.25, 0.3) is 16.6 Å². The topological polar surface area (TPSA) is 49.7 Å². The summed E-state index contributed by atoms with van der Waals surface area (Å²) in [5.74, 6) is 1.06. The predicted molar refractivity (Wildman–Crippen MR) is 126 cm³/mol. The molecule has 0 fully saturated rings. The first-order chi connectivity index (χ1) is 15.5. The van der Waals surface area contributed by atoms with Crippen molar-refractivity contribution in [2.45, 2.75) is 20.5 Å². The second-order valence-electron chi connectivity index (χ2n) is 7.27. The maximum Gasteiger partial charge on any atom is 0.340 e. The molecule has 0 radical (unpaired) electrons. The Morgan fingerprint density at radius 2 is 1.72 bits per heavy atom. The average Bonchev–Trinajstić information content (AvgIpc) is 3.10. The molecule has 0 saturated heterocycles. The van der Waals surface area contributed by atoms with Gasteiger partial charge in [0.1, 0.15) is 18.1 Å². The standard InChI is InChI=1S/C26H24ClNO4/c1-4-31-26(29)25-17(2)28(19-9-11-20(30-3)12-10-19)24-14-13-21(15-22(24)25)32-16-18-7-5-6-8-23(18)27/h5-15H,4,16H2,1-3H3. The van der Waals surface area contributed by atoms with Crippen molar-refractivity contribution in [3.05, 3.63) is 88.6 Å². The van der Waals surface area contributed by atoms with E-state index in [9.17, 15) is 4.79 Å². The smallest absolute Gasteiger partial charge is 0.340 e. The fraction of sp³-hybridized carbons (Fsp3) is 0.192. The lowest BCUT2D eigenvalue weighted by Gasteiger charge is -2.10. The van der Waals surface area contributed by atoms with Crippen LogP contribution in [-0.4, -0.2) is 24.3 Å². The molecule has 0 spiro atoms. The number of rotatable bonds is 7. The van der Waals surface area contributed by atoms with Crippen LogP contribution in [-0.2, 0) is 11.3 Å². The highest BCUT2D eigenvalue weighted by atomic mass is 35.5. The van der Waals surface area contributed by atoms with E-state index in [4.69, 9.17) is 25.8 Å². The van der Waals surface area contributed by atoms with Crippen LogP contribution >= 0.6 is 11.6 Å². The number of carbonyl (C=O) groups excluding carboxylic acids is 1. The van der Waals surface area contributed by atoms with E-state index in [0.717, 1.165) is 33.6 Å². The van der Waals surface area contributed by atoms with E-state index in [-0.39, 0.29) is 5.97 Å². The van der Waals surface area contributed by atoms with Crippen molar-refractivity contribution in [2.75, 3.05) is 13.7 Å². The first kappa shape index (κ1) is 21.8. The third-order valence-electron chi connectivity index (χ3n) is 5.34. The first-order valence-corrected chi connectivity index (χ1v) is 10.7. The summed E-state index contributed by atoms with van der Waals surface area (Å²) >= 11 is 6.25. The number of ether oxygens (including phenoxy) is 3. The van der Waals surface area contributed by atoms with Crippen molar-refractivity contribution in [3.8, 4) is 17.2 Å². The number of benzene rings is 3. The molecule has 0 aliphatic carbocycles. The van der Waals surface area contributed by atoms with E-state index >= 15 is 0 Å². The van der Waals surface area contributed by atoms with Gasteiger partial charge in [0.2, 0.25) is 0 Å². The van der Waals surface area contributed by atoms with Gasteiger partial charge < -0.3 is 18.8 Å². The summed E-state index contributed by atoms with van der Waals surface area (Å²) in [7, 11) is 1.63. The maximum absolute atomic E-state index is 12.8. The largest absolute Gasteiger partial charge is 0.497 e. The number of hydrogen-bond donors (Lipinski definition) is 0. The normalized spacial score (nSPS) is 10.9. The molecule has 0 unspecified atom stereocenters. The Labute approximate surface area is 192 Å². The summed E-state index contributed by atoms with van der Waals surface area (Å²) in [6.45, 7) is 4.35. The number of fused-ring (bicyclic) bond motifs is 1. The molecule has 0 bridgehead atoms. The summed E-state index contributed by atoms with van der Waals surface area (Å²) in [6, 6.07) is 21.0. The monoisotopic (exact) mass is 449 g/mol. The maximum atomic E-state index is 12.8. The molecule has 164 valence electrons. The van der Waals surface area contributed by atoms with Crippen LogP contribution in [0.1, 0.15) is 28.5 Å². The Balaban J connectivity index is 1.78. The second kappa shape index (κ2) is 9.37. The molecule has 1 heterocycles. The number of carbonyl (C=O) groups is 1. The Kier molecular flexibility index (Phi) is 6.37. The van der Waals surface area contributed by atoms with Gasteiger partial charge in [-0.2, -0.15) is 0 Å². The third-order valence-corrected chi connectivity index (χ3v) is 5.71. The first-order valence-electron chi connectivity index (χ1n) is 10.4. The Bertz CT molecular complexity index is 1260. The van der Waals surface area contributed by atoms with Crippen LogP contribution in [0.4, 0.5) is 0 Å². The third kappa shape index (κ3) is 4.16. The zero-order valence-electron chi connectivity index (χ0n) is 18.2. The van der Waals surface area contributed by atoms with Gasteiger partial charge in [0.25, 0.3) is 0 Å². The zero-order valence-corrected chi connectivity index (χ0v) is 19.0. The number of methoxy groups -OCH3 is 1. The van der Waals surface area contributed by atoms with Gasteiger partial charge in [0.05, 0.1) is 24.8 Å². The Morgan fingerprint density at radius 3 is 2.41 bits per heavy atom. The van der Waals surface area contributed by atoms with Crippen molar-refractivity contribution in [1.82, 2.24) is 4.57 Å². The molecular formula is C26H24ClNO4. The summed E-state index contributed by atoms with van der Waals surface area (Å²) in [5, 5.41) is 1.43. The number of esters is 1. The van der Waals surface area contributed by atoms with Gasteiger partial charge in [-0.15, -0.1) is 0 Å². The predicted octanol–water partition coefficient (Wildman–Crippen LogP) is 6.36. The van der Waals surface area contributed by atoms with Gasteiger partial charge in [-0.3, -0.25) is 0 Å². The minimum atomic E-state index is -0.356. The molecule has 0 amide bonds. The summed E-state index contributed by atoms with van der Waals surface area (Å²) < 4.78 is 18.7. The van der Waals surface area contributed by atoms with Crippen LogP contribution < -0.4 is 9.47 Å². The van der Waals surface area contributed by atoms with Crippen molar-refractivity contribution in [1.29, 1.82) is 0 Å². The van der Waals surface area contributed by atoms with Crippen LogP contribution in [0.2, 0.25) is 5.02 Å². The van der Waals surface area contributed by atoms with E-state index in [1.165, 1.54) is 0 Å². The van der Waals surface area contributed by atoms with Gasteiger partial charge in [-0.1, -0.05) is 29.8 Å². The number of halogens is 1. The zero-order chi connectivity index (χ0) is 22.7. The summed E-state index contributed by atoms with van der Waals surface area (Å²) in [5.41, 5.74) is 4.04. The van der Waals surface area contributed by atoms with Gasteiger partial charge in [0, 0.05) is 27.4 Å². The molecule has 6 heteroatoms. The Morgan fingerprint density at radius 1 is 1.00 bits per heavy atom. The molecule has 5 nitrogen and oxygen atoms in total. The van der Waals surface area contributed by atoms with Crippen LogP contribution in [0, 0.1) is 6.92 Å². The molecule has 32 heavy (non-hydrogen) atoms. The molecule has 0 N–H and O–H groups in total. The van der Waals surface area contributed by atoms with Gasteiger partial charge in [-0.25, -0.2) is 4.79 Å². The SMILES string of the molecule is CCOC(=O)c1c(C)n(-c2ccc(OC)cc2)c2ccc(OCc3ccccc3Cl)cc12. The van der Waals surface area contributed by atoms with Gasteiger partial charge in [-0.05, 0) is 62.4 Å². The lowest BCUT2D eigenvalue weighted by Crippen LogP contribution is -2.07. The van der Waals surface area contributed by atoms with Crippen LogP contribution in [0.15, 0.2) is 66.7 Å². The minimum absolute atomic E-state index is 0.302. The quantitative estimate of drug-likeness (QED) is 0.308. The van der Waals surface area contributed by atoms with Gasteiger partial charge >= 0.3 is 5.97 Å². The molecule has 4 aromatic rings. The molecule has 0 aliphatic heterocycles. The molecule has 0 atom stereocenters. The lowest BCUT2D eigenvalue weighted by atomic mass is 10.1. The summed E-state index contributed by atoms with van der Waals surface area (Å²) in [4.78, 5) is 12.8. The highest BCUT2D eigenvalue weighted by Crippen LogP contribution is 2.33. The molecule has 4 rings (SSSR count). The van der Waals surface area contributed by atoms with Crippen molar-refractivity contribution in [3.63, 3.8) is 0 Å². The highest BCUT2D eigenvalue weighted by molar-refractivity contribution is 6.31. The van der Waals surface area contributed by atoms with E-state index < -0.39 is 0 Å². The van der Waals surface area contributed by atoms with E-state index in [1.807, 2.05) is 78.2 Å². The van der Waals surface area contributed by atoms with Crippen molar-refractivity contribution in [2.24, 2.45) is 0 Å². The Hall–Kier alpha value is -3.44. The van der Waals surface area contributed by atoms with E-state index in [2.05, 4.69) is 0 Å². The van der Waals surface area contributed by atoms with Gasteiger partial charge in [0.15, 0.2) is 0 Å². The van der Waals surface area contributed by atoms with Crippen molar-refractivity contribution >= 4 is 28.5 Å². The average molecular weight is 450 g/mol. The lowest BCUT2D eigenvalue weighted by molar-refractivity contribution is 0.0527. The van der Waals surface area contributed by atoms with Crippen LogP contribution in [0.5, 0.6) is 11.5 Å². The fourth-order valence-electron chi connectivity index (χ4n) is 3.79. The van der Waals surface area contributed by atoms with Crippen LogP contribution in [0.3, 0.4) is 0 Å². The van der Waals surface area contributed by atoms with E-state index in [1.54, 1.807) is 14.0 Å². The molecule has 0 saturated carbocycles. The number of hydrogen-bond acceptors (Lipinski definition) is 4. The number of aromatic nitrogens is 1. The second-order valence-corrected chi connectivity index (χ2v) is 7.68. The highest BCUT2D eigenvalue weighted by Gasteiger charge is 2.22. The molecule has 0 aliphatic rings.